The van der Waals surface area contributed by atoms with Gasteiger partial charge < -0.3 is 11.1 Å². The predicted octanol–water partition coefficient (Wildman–Crippen LogP) is 3.33. The van der Waals surface area contributed by atoms with Crippen molar-refractivity contribution in [3.05, 3.63) is 29.3 Å². The average Bonchev–Trinajstić information content (AvgIpc) is 2.28. The van der Waals surface area contributed by atoms with Crippen LogP contribution in [-0.4, -0.2) is 11.9 Å². The Hall–Kier alpha value is -1.56. The van der Waals surface area contributed by atoms with Gasteiger partial charge in [-0.2, -0.15) is 13.2 Å². The lowest BCUT2D eigenvalue weighted by Gasteiger charge is -2.26. The minimum atomic E-state index is -4.45. The van der Waals surface area contributed by atoms with Crippen molar-refractivity contribution >= 4 is 11.6 Å². The predicted molar refractivity (Wildman–Crippen MR) is 72.2 cm³/mol. The van der Waals surface area contributed by atoms with Gasteiger partial charge in [-0.05, 0) is 30.0 Å². The summed E-state index contributed by atoms with van der Waals surface area (Å²) in [4.78, 5) is 12.0. The van der Waals surface area contributed by atoms with Gasteiger partial charge in [0.15, 0.2) is 0 Å². The molecule has 6 heteroatoms. The molecule has 0 aliphatic carbocycles. The summed E-state index contributed by atoms with van der Waals surface area (Å²) in [6, 6.07) is 2.86. The third kappa shape index (κ3) is 3.72. The van der Waals surface area contributed by atoms with Crippen LogP contribution >= 0.6 is 0 Å². The monoisotopic (exact) mass is 288 g/mol. The molecule has 1 aromatic carbocycles. The summed E-state index contributed by atoms with van der Waals surface area (Å²) in [5.74, 6) is -0.500. The van der Waals surface area contributed by atoms with Crippen LogP contribution in [-0.2, 0) is 11.0 Å². The lowest BCUT2D eigenvalue weighted by molar-refractivity contribution is -0.138. The molecule has 0 aliphatic heterocycles. The van der Waals surface area contributed by atoms with Gasteiger partial charge in [-0.15, -0.1) is 0 Å². The fraction of sp³-hybridized carbons (Fsp3) is 0.500. The van der Waals surface area contributed by atoms with Gasteiger partial charge in [0.1, 0.15) is 0 Å². The molecule has 112 valence electrons. The van der Waals surface area contributed by atoms with E-state index in [9.17, 15) is 18.0 Å². The van der Waals surface area contributed by atoms with E-state index in [1.807, 2.05) is 0 Å². The molecule has 0 unspecified atom stereocenters. The zero-order valence-corrected chi connectivity index (χ0v) is 11.9. The lowest BCUT2D eigenvalue weighted by Crippen LogP contribution is -2.45. The summed E-state index contributed by atoms with van der Waals surface area (Å²) >= 11 is 0. The third-order valence-electron chi connectivity index (χ3n) is 3.11. The standard InChI is InChI=1S/C14H19F3N2O/c1-8-9(14(15,16)17)6-5-7-10(8)19-12(20)11(18)13(2,3)4/h5-7,11H,18H2,1-4H3,(H,19,20)/t11-/m1/s1. The molecule has 0 fully saturated rings. The molecule has 0 heterocycles. The molecule has 1 amide bonds. The molecular formula is C14H19F3N2O. The first kappa shape index (κ1) is 16.5. The van der Waals surface area contributed by atoms with E-state index in [0.717, 1.165) is 6.07 Å². The first-order valence-electron chi connectivity index (χ1n) is 6.18. The maximum atomic E-state index is 12.8. The fourth-order valence-corrected chi connectivity index (χ4v) is 1.68. The molecule has 0 radical (unpaired) electrons. The Morgan fingerprint density at radius 3 is 2.25 bits per heavy atom. The minimum Gasteiger partial charge on any atom is -0.324 e. The maximum absolute atomic E-state index is 12.8. The number of amides is 1. The topological polar surface area (TPSA) is 55.1 Å². The van der Waals surface area contributed by atoms with Gasteiger partial charge >= 0.3 is 6.18 Å². The van der Waals surface area contributed by atoms with Crippen molar-refractivity contribution in [1.82, 2.24) is 0 Å². The Morgan fingerprint density at radius 1 is 1.25 bits per heavy atom. The van der Waals surface area contributed by atoms with Crippen molar-refractivity contribution in [3.8, 4) is 0 Å². The Labute approximate surface area is 116 Å². The van der Waals surface area contributed by atoms with Crippen molar-refractivity contribution in [2.45, 2.75) is 39.9 Å². The normalized spacial score (nSPS) is 14.0. The number of carbonyl (C=O) groups is 1. The first-order chi connectivity index (χ1) is 8.94. The number of hydrogen-bond acceptors (Lipinski definition) is 2. The highest BCUT2D eigenvalue weighted by molar-refractivity contribution is 5.96. The molecule has 0 saturated carbocycles. The Kier molecular flexibility index (Phi) is 4.49. The number of nitrogens with two attached hydrogens (primary N) is 1. The maximum Gasteiger partial charge on any atom is 0.416 e. The highest BCUT2D eigenvalue weighted by atomic mass is 19.4. The van der Waals surface area contributed by atoms with Gasteiger partial charge in [0.2, 0.25) is 5.91 Å². The van der Waals surface area contributed by atoms with Crippen molar-refractivity contribution < 1.29 is 18.0 Å². The molecule has 1 aromatic rings. The second kappa shape index (κ2) is 5.44. The van der Waals surface area contributed by atoms with E-state index in [4.69, 9.17) is 5.73 Å². The zero-order chi connectivity index (χ0) is 15.7. The number of alkyl halides is 3. The number of rotatable bonds is 2. The van der Waals surface area contributed by atoms with E-state index in [1.165, 1.54) is 19.1 Å². The third-order valence-corrected chi connectivity index (χ3v) is 3.11. The molecule has 0 aliphatic rings. The van der Waals surface area contributed by atoms with Crippen molar-refractivity contribution in [2.24, 2.45) is 11.1 Å². The Balaban J connectivity index is 3.03. The Bertz CT molecular complexity index is 504. The summed E-state index contributed by atoms with van der Waals surface area (Å²) in [5, 5.41) is 2.47. The number of nitrogens with one attached hydrogen (secondary N) is 1. The SMILES string of the molecule is Cc1c(NC(=O)[C@@H](N)C(C)(C)C)cccc1C(F)(F)F. The average molecular weight is 288 g/mol. The molecule has 3 nitrogen and oxygen atoms in total. The Morgan fingerprint density at radius 2 is 1.80 bits per heavy atom. The number of halogens is 3. The van der Waals surface area contributed by atoms with Crippen LogP contribution in [0.2, 0.25) is 0 Å². The van der Waals surface area contributed by atoms with Gasteiger partial charge in [0.05, 0.1) is 11.6 Å². The van der Waals surface area contributed by atoms with E-state index in [0.29, 0.717) is 0 Å². The molecule has 0 aromatic heterocycles. The quantitative estimate of drug-likeness (QED) is 0.877. The van der Waals surface area contributed by atoms with Crippen LogP contribution in [0.5, 0.6) is 0 Å². The minimum absolute atomic E-state index is 0.0190. The molecule has 0 saturated heterocycles. The number of benzene rings is 1. The van der Waals surface area contributed by atoms with E-state index in [2.05, 4.69) is 5.32 Å². The largest absolute Gasteiger partial charge is 0.416 e. The summed E-state index contributed by atoms with van der Waals surface area (Å²) in [5.41, 5.74) is 4.66. The van der Waals surface area contributed by atoms with Gasteiger partial charge in [-0.3, -0.25) is 4.79 Å². The number of carbonyl (C=O) groups excluding carboxylic acids is 1. The molecular weight excluding hydrogens is 269 g/mol. The highest BCUT2D eigenvalue weighted by Crippen LogP contribution is 2.34. The van der Waals surface area contributed by atoms with Crippen LogP contribution in [0.4, 0.5) is 18.9 Å². The van der Waals surface area contributed by atoms with Crippen molar-refractivity contribution in [3.63, 3.8) is 0 Å². The first-order valence-corrected chi connectivity index (χ1v) is 6.18. The number of anilines is 1. The van der Waals surface area contributed by atoms with E-state index in [-0.39, 0.29) is 11.3 Å². The zero-order valence-electron chi connectivity index (χ0n) is 11.9. The van der Waals surface area contributed by atoms with Crippen LogP contribution in [0.3, 0.4) is 0 Å². The molecule has 3 N–H and O–H groups in total. The number of hydrogen-bond donors (Lipinski definition) is 2. The van der Waals surface area contributed by atoms with Crippen LogP contribution in [0.1, 0.15) is 31.9 Å². The lowest BCUT2D eigenvalue weighted by atomic mass is 9.87. The van der Waals surface area contributed by atoms with Crippen molar-refractivity contribution in [2.75, 3.05) is 5.32 Å². The molecule has 0 bridgehead atoms. The molecule has 20 heavy (non-hydrogen) atoms. The second-order valence-electron chi connectivity index (χ2n) is 5.81. The highest BCUT2D eigenvalue weighted by Gasteiger charge is 2.33. The summed E-state index contributed by atoms with van der Waals surface area (Å²) in [6.07, 6.45) is -4.45. The smallest absolute Gasteiger partial charge is 0.324 e. The van der Waals surface area contributed by atoms with E-state index in [1.54, 1.807) is 20.8 Å². The van der Waals surface area contributed by atoms with Gasteiger partial charge in [-0.25, -0.2) is 0 Å². The van der Waals surface area contributed by atoms with Gasteiger partial charge in [-0.1, -0.05) is 26.8 Å². The summed E-state index contributed by atoms with van der Waals surface area (Å²) in [7, 11) is 0. The fourth-order valence-electron chi connectivity index (χ4n) is 1.68. The molecule has 1 atom stereocenters. The van der Waals surface area contributed by atoms with E-state index < -0.39 is 29.1 Å². The van der Waals surface area contributed by atoms with Crippen LogP contribution in [0.15, 0.2) is 18.2 Å². The van der Waals surface area contributed by atoms with Crippen LogP contribution < -0.4 is 11.1 Å². The van der Waals surface area contributed by atoms with Gasteiger partial charge in [0.25, 0.3) is 0 Å². The summed E-state index contributed by atoms with van der Waals surface area (Å²) < 4.78 is 38.3. The van der Waals surface area contributed by atoms with E-state index >= 15 is 0 Å². The second-order valence-corrected chi connectivity index (χ2v) is 5.81. The van der Waals surface area contributed by atoms with Gasteiger partial charge in [0, 0.05) is 5.69 Å². The van der Waals surface area contributed by atoms with Crippen molar-refractivity contribution in [1.29, 1.82) is 0 Å². The van der Waals surface area contributed by atoms with Crippen LogP contribution in [0, 0.1) is 12.3 Å². The molecule has 0 spiro atoms. The summed E-state index contributed by atoms with van der Waals surface area (Å²) in [6.45, 7) is 6.68. The van der Waals surface area contributed by atoms with Crippen LogP contribution in [0.25, 0.3) is 0 Å². The molecule has 1 rings (SSSR count).